The van der Waals surface area contributed by atoms with E-state index in [1.807, 2.05) is 0 Å². The van der Waals surface area contributed by atoms with E-state index in [0.717, 1.165) is 12.1 Å². The van der Waals surface area contributed by atoms with E-state index < -0.39 is 23.5 Å². The molecule has 6 heteroatoms. The van der Waals surface area contributed by atoms with Crippen LogP contribution in [0.1, 0.15) is 38.2 Å². The van der Waals surface area contributed by atoms with Gasteiger partial charge in [-0.05, 0) is 50.3 Å². The number of amides is 1. The summed E-state index contributed by atoms with van der Waals surface area (Å²) in [6.07, 6.45) is 2.55. The summed E-state index contributed by atoms with van der Waals surface area (Å²) < 4.78 is 26.0. The first-order valence-corrected chi connectivity index (χ1v) is 7.86. The van der Waals surface area contributed by atoms with Gasteiger partial charge in [-0.25, -0.2) is 8.78 Å². The third-order valence-electron chi connectivity index (χ3n) is 4.47. The van der Waals surface area contributed by atoms with Gasteiger partial charge in [0.15, 0.2) is 11.6 Å². The first-order chi connectivity index (χ1) is 10.9. The number of carboxylic acids is 1. The number of aryl methyl sites for hydroxylation is 1. The van der Waals surface area contributed by atoms with Crippen molar-refractivity contribution in [2.24, 2.45) is 5.92 Å². The van der Waals surface area contributed by atoms with E-state index in [-0.39, 0.29) is 18.4 Å². The molecule has 1 N–H and O–H groups in total. The number of rotatable bonds is 5. The zero-order chi connectivity index (χ0) is 17.0. The van der Waals surface area contributed by atoms with Gasteiger partial charge in [0.2, 0.25) is 5.91 Å². The Labute approximate surface area is 134 Å². The lowest BCUT2D eigenvalue weighted by molar-refractivity contribution is -0.149. The Bertz CT molecular complexity index is 591. The van der Waals surface area contributed by atoms with Crippen LogP contribution in [0.4, 0.5) is 8.78 Å². The highest BCUT2D eigenvalue weighted by Crippen LogP contribution is 2.24. The smallest absolute Gasteiger partial charge is 0.308 e. The molecule has 1 saturated heterocycles. The maximum atomic E-state index is 13.1. The van der Waals surface area contributed by atoms with Crippen LogP contribution in [0.25, 0.3) is 0 Å². The Morgan fingerprint density at radius 3 is 2.70 bits per heavy atom. The molecule has 0 aliphatic carbocycles. The van der Waals surface area contributed by atoms with Gasteiger partial charge in [-0.15, -0.1) is 0 Å². The fourth-order valence-corrected chi connectivity index (χ4v) is 3.11. The summed E-state index contributed by atoms with van der Waals surface area (Å²) in [7, 11) is 0. The number of nitrogens with zero attached hydrogens (tertiary/aromatic N) is 1. The molecule has 1 aromatic carbocycles. The summed E-state index contributed by atoms with van der Waals surface area (Å²) >= 11 is 0. The van der Waals surface area contributed by atoms with Crippen molar-refractivity contribution < 1.29 is 23.5 Å². The van der Waals surface area contributed by atoms with Crippen molar-refractivity contribution in [1.29, 1.82) is 0 Å². The molecule has 1 aliphatic heterocycles. The number of hydrogen-bond donors (Lipinski definition) is 1. The molecule has 0 spiro atoms. The predicted molar refractivity (Wildman–Crippen MR) is 80.8 cm³/mol. The van der Waals surface area contributed by atoms with Gasteiger partial charge < -0.3 is 10.0 Å². The number of aliphatic carboxylic acids is 1. The molecule has 126 valence electrons. The molecule has 4 nitrogen and oxygen atoms in total. The molecule has 23 heavy (non-hydrogen) atoms. The molecule has 0 saturated carbocycles. The highest BCUT2D eigenvalue weighted by atomic mass is 19.2. The minimum Gasteiger partial charge on any atom is -0.481 e. The molecule has 0 bridgehead atoms. The number of likely N-dealkylation sites (tertiary alicyclic amines) is 1. The van der Waals surface area contributed by atoms with Crippen LogP contribution in [-0.2, 0) is 16.0 Å². The van der Waals surface area contributed by atoms with Crippen LogP contribution in [-0.4, -0.2) is 34.5 Å². The molecule has 1 fully saturated rings. The maximum absolute atomic E-state index is 13.1. The van der Waals surface area contributed by atoms with E-state index in [0.29, 0.717) is 37.8 Å². The van der Waals surface area contributed by atoms with Crippen molar-refractivity contribution in [2.45, 2.75) is 45.1 Å². The second-order valence-corrected chi connectivity index (χ2v) is 6.02. The summed E-state index contributed by atoms with van der Waals surface area (Å²) in [6.45, 7) is 2.35. The van der Waals surface area contributed by atoms with Crippen molar-refractivity contribution in [3.8, 4) is 0 Å². The molecule has 1 aromatic rings. The fourth-order valence-electron chi connectivity index (χ4n) is 3.11. The average Bonchev–Trinajstić information content (AvgIpc) is 2.50. The SMILES string of the molecule is C[C@@H]1[C@H](C(=O)O)CCCN1C(=O)CCCc1ccc(F)c(F)c1. The Morgan fingerprint density at radius 2 is 2.04 bits per heavy atom. The van der Waals surface area contributed by atoms with Crippen molar-refractivity contribution in [2.75, 3.05) is 6.54 Å². The normalized spacial score (nSPS) is 21.3. The van der Waals surface area contributed by atoms with Crippen LogP contribution in [0.5, 0.6) is 0 Å². The molecule has 0 aromatic heterocycles. The number of benzene rings is 1. The average molecular weight is 325 g/mol. The lowest BCUT2D eigenvalue weighted by Crippen LogP contribution is -2.49. The monoisotopic (exact) mass is 325 g/mol. The zero-order valence-corrected chi connectivity index (χ0v) is 13.1. The lowest BCUT2D eigenvalue weighted by atomic mass is 9.90. The van der Waals surface area contributed by atoms with E-state index in [2.05, 4.69) is 0 Å². The van der Waals surface area contributed by atoms with Gasteiger partial charge in [0.25, 0.3) is 0 Å². The topological polar surface area (TPSA) is 57.6 Å². The summed E-state index contributed by atoms with van der Waals surface area (Å²) in [4.78, 5) is 25.1. The molecule has 0 unspecified atom stereocenters. The number of piperidine rings is 1. The number of carbonyl (C=O) groups excluding carboxylic acids is 1. The van der Waals surface area contributed by atoms with Gasteiger partial charge >= 0.3 is 5.97 Å². The second-order valence-electron chi connectivity index (χ2n) is 6.02. The van der Waals surface area contributed by atoms with Crippen molar-refractivity contribution in [1.82, 2.24) is 4.90 Å². The predicted octanol–water partition coefficient (Wildman–Crippen LogP) is 3.00. The van der Waals surface area contributed by atoms with E-state index >= 15 is 0 Å². The van der Waals surface area contributed by atoms with Crippen LogP contribution in [0, 0.1) is 17.6 Å². The molecule has 2 atom stereocenters. The molecule has 2 rings (SSSR count). The molecule has 1 heterocycles. The van der Waals surface area contributed by atoms with Crippen LogP contribution >= 0.6 is 0 Å². The highest BCUT2D eigenvalue weighted by Gasteiger charge is 2.34. The van der Waals surface area contributed by atoms with E-state index in [9.17, 15) is 23.5 Å². The van der Waals surface area contributed by atoms with Gasteiger partial charge in [0, 0.05) is 19.0 Å². The minimum atomic E-state index is -0.886. The van der Waals surface area contributed by atoms with Gasteiger partial charge in [-0.1, -0.05) is 6.07 Å². The first-order valence-electron chi connectivity index (χ1n) is 7.86. The van der Waals surface area contributed by atoms with Gasteiger partial charge in [0.1, 0.15) is 0 Å². The molecule has 0 radical (unpaired) electrons. The van der Waals surface area contributed by atoms with E-state index in [1.54, 1.807) is 11.8 Å². The van der Waals surface area contributed by atoms with Gasteiger partial charge in [0.05, 0.1) is 5.92 Å². The van der Waals surface area contributed by atoms with E-state index in [4.69, 9.17) is 0 Å². The van der Waals surface area contributed by atoms with Gasteiger partial charge in [-0.3, -0.25) is 9.59 Å². The maximum Gasteiger partial charge on any atom is 0.308 e. The van der Waals surface area contributed by atoms with Crippen molar-refractivity contribution in [3.05, 3.63) is 35.4 Å². The molecular weight excluding hydrogens is 304 g/mol. The number of carbonyl (C=O) groups is 2. The zero-order valence-electron chi connectivity index (χ0n) is 13.1. The number of halogens is 2. The molecule has 1 aliphatic rings. The van der Waals surface area contributed by atoms with Crippen LogP contribution in [0.15, 0.2) is 18.2 Å². The quantitative estimate of drug-likeness (QED) is 0.905. The fraction of sp³-hybridized carbons (Fsp3) is 0.529. The third-order valence-corrected chi connectivity index (χ3v) is 4.47. The third kappa shape index (κ3) is 4.27. The van der Waals surface area contributed by atoms with Crippen LogP contribution < -0.4 is 0 Å². The first kappa shape index (κ1) is 17.4. The second kappa shape index (κ2) is 7.53. The minimum absolute atomic E-state index is 0.0777. The van der Waals surface area contributed by atoms with Gasteiger partial charge in [-0.2, -0.15) is 0 Å². The van der Waals surface area contributed by atoms with Crippen LogP contribution in [0.2, 0.25) is 0 Å². The standard InChI is InChI=1S/C17H21F2NO3/c1-11-13(17(22)23)5-3-9-20(11)16(21)6-2-4-12-7-8-14(18)15(19)10-12/h7-8,10-11,13H,2-6,9H2,1H3,(H,22,23)/t11-,13-/m1/s1. The Balaban J connectivity index is 1.86. The summed E-state index contributed by atoms with van der Waals surface area (Å²) in [5.41, 5.74) is 0.645. The Kier molecular flexibility index (Phi) is 5.69. The Hall–Kier alpha value is -1.98. The molecule has 1 amide bonds. The van der Waals surface area contributed by atoms with Crippen molar-refractivity contribution >= 4 is 11.9 Å². The number of hydrogen-bond acceptors (Lipinski definition) is 2. The highest BCUT2D eigenvalue weighted by molar-refractivity contribution is 5.78. The summed E-state index contributed by atoms with van der Waals surface area (Å²) in [6, 6.07) is 3.42. The van der Waals surface area contributed by atoms with Crippen LogP contribution in [0.3, 0.4) is 0 Å². The lowest BCUT2D eigenvalue weighted by Gasteiger charge is -2.37. The number of carboxylic acid groups (broad SMARTS) is 1. The summed E-state index contributed by atoms with van der Waals surface area (Å²) in [5, 5.41) is 9.18. The molecular formula is C17H21F2NO3. The van der Waals surface area contributed by atoms with E-state index in [1.165, 1.54) is 6.07 Å². The Morgan fingerprint density at radius 1 is 1.30 bits per heavy atom. The largest absolute Gasteiger partial charge is 0.481 e. The van der Waals surface area contributed by atoms with Crippen molar-refractivity contribution in [3.63, 3.8) is 0 Å². The summed E-state index contributed by atoms with van der Waals surface area (Å²) in [5.74, 6) is -3.23.